The van der Waals surface area contributed by atoms with E-state index in [4.69, 9.17) is 4.74 Å². The summed E-state index contributed by atoms with van der Waals surface area (Å²) in [4.78, 5) is 24.6. The lowest BCUT2D eigenvalue weighted by atomic mass is 10.2. The highest BCUT2D eigenvalue weighted by atomic mass is 32.2. The molecule has 2 aliphatic rings. The van der Waals surface area contributed by atoms with Gasteiger partial charge in [-0.05, 0) is 30.5 Å². The van der Waals surface area contributed by atoms with Crippen molar-refractivity contribution in [2.45, 2.75) is 37.4 Å². The molecule has 8 heteroatoms. The van der Waals surface area contributed by atoms with Crippen LogP contribution in [-0.2, 0) is 34.2 Å². The number of amides is 2. The number of benzene rings is 1. The number of thioether (sulfide) groups is 1. The van der Waals surface area contributed by atoms with E-state index < -0.39 is 0 Å². The second-order valence-electron chi connectivity index (χ2n) is 6.81. The Morgan fingerprint density at radius 1 is 1.26 bits per heavy atom. The van der Waals surface area contributed by atoms with Crippen molar-refractivity contribution in [3.63, 3.8) is 0 Å². The zero-order valence-corrected chi connectivity index (χ0v) is 16.0. The van der Waals surface area contributed by atoms with E-state index in [2.05, 4.69) is 15.7 Å². The van der Waals surface area contributed by atoms with Gasteiger partial charge in [-0.25, -0.2) is 4.68 Å². The Morgan fingerprint density at radius 3 is 2.74 bits per heavy atom. The van der Waals surface area contributed by atoms with Crippen molar-refractivity contribution >= 4 is 29.4 Å². The van der Waals surface area contributed by atoms with Crippen LogP contribution in [0.15, 0.2) is 24.3 Å². The topological polar surface area (TPSA) is 85.2 Å². The number of ether oxygens (including phenoxy) is 1. The molecule has 4 rings (SSSR count). The zero-order chi connectivity index (χ0) is 18.8. The molecule has 1 aromatic carbocycles. The number of methoxy groups -OCH3 is 1. The van der Waals surface area contributed by atoms with E-state index >= 15 is 0 Å². The number of rotatable bonds is 7. The lowest BCUT2D eigenvalue weighted by Gasteiger charge is -2.11. The van der Waals surface area contributed by atoms with Gasteiger partial charge in [0.05, 0.1) is 12.8 Å². The summed E-state index contributed by atoms with van der Waals surface area (Å²) in [5.74, 6) is 3.13. The van der Waals surface area contributed by atoms with Crippen LogP contribution >= 0.6 is 11.8 Å². The maximum atomic E-state index is 12.4. The highest BCUT2D eigenvalue weighted by molar-refractivity contribution is 7.98. The molecule has 2 aromatic rings. The molecule has 27 heavy (non-hydrogen) atoms. The predicted molar refractivity (Wildman–Crippen MR) is 103 cm³/mol. The minimum absolute atomic E-state index is 0.0366. The Kier molecular flexibility index (Phi) is 5.07. The quantitative estimate of drug-likeness (QED) is 0.763. The van der Waals surface area contributed by atoms with Gasteiger partial charge in [0.15, 0.2) is 0 Å². The number of fused-ring (bicyclic) bond motifs is 1. The normalized spacial score (nSPS) is 15.3. The van der Waals surface area contributed by atoms with E-state index in [0.29, 0.717) is 12.4 Å². The van der Waals surface area contributed by atoms with Crippen LogP contribution in [0.1, 0.15) is 29.7 Å². The number of carbonyl (C=O) groups excluding carboxylic acids is 2. The molecule has 1 saturated carbocycles. The van der Waals surface area contributed by atoms with Crippen LogP contribution in [0.2, 0.25) is 0 Å². The van der Waals surface area contributed by atoms with Crippen molar-refractivity contribution in [2.75, 3.05) is 12.4 Å². The summed E-state index contributed by atoms with van der Waals surface area (Å²) in [5, 5.41) is 10.5. The van der Waals surface area contributed by atoms with Crippen molar-refractivity contribution in [3.05, 3.63) is 41.1 Å². The van der Waals surface area contributed by atoms with E-state index in [1.807, 2.05) is 24.3 Å². The van der Waals surface area contributed by atoms with Crippen LogP contribution in [0.4, 0.5) is 5.82 Å². The SMILES string of the molecule is COc1ccc(CNC(=O)Cn2nc3c(c2NC(=O)C2CC2)CSC3)cc1. The number of carbonyl (C=O) groups is 2. The minimum atomic E-state index is -0.137. The van der Waals surface area contributed by atoms with Crippen molar-refractivity contribution < 1.29 is 14.3 Å². The van der Waals surface area contributed by atoms with E-state index in [1.165, 1.54) is 0 Å². The highest BCUT2D eigenvalue weighted by Crippen LogP contribution is 2.36. The Morgan fingerprint density at radius 2 is 2.04 bits per heavy atom. The summed E-state index contributed by atoms with van der Waals surface area (Å²) >= 11 is 1.77. The van der Waals surface area contributed by atoms with Crippen molar-refractivity contribution in [1.29, 1.82) is 0 Å². The molecular weight excluding hydrogens is 364 g/mol. The Labute approximate surface area is 161 Å². The molecule has 0 spiro atoms. The molecule has 1 fully saturated rings. The molecule has 0 unspecified atom stereocenters. The first-order valence-electron chi connectivity index (χ1n) is 9.01. The maximum Gasteiger partial charge on any atom is 0.242 e. The summed E-state index contributed by atoms with van der Waals surface area (Å²) < 4.78 is 6.77. The maximum absolute atomic E-state index is 12.4. The molecule has 142 valence electrons. The van der Waals surface area contributed by atoms with Gasteiger partial charge in [-0.1, -0.05) is 12.1 Å². The van der Waals surface area contributed by atoms with Crippen LogP contribution in [0.3, 0.4) is 0 Å². The fourth-order valence-electron chi connectivity index (χ4n) is 3.02. The van der Waals surface area contributed by atoms with Crippen LogP contribution in [0.25, 0.3) is 0 Å². The van der Waals surface area contributed by atoms with E-state index in [1.54, 1.807) is 23.6 Å². The molecule has 2 N–H and O–H groups in total. The molecule has 1 aliphatic carbocycles. The molecule has 2 heterocycles. The fraction of sp³-hybridized carbons (Fsp3) is 0.421. The molecule has 0 radical (unpaired) electrons. The predicted octanol–water partition coefficient (Wildman–Crippen LogP) is 2.30. The third-order valence-electron chi connectivity index (χ3n) is 4.75. The summed E-state index contributed by atoms with van der Waals surface area (Å²) in [6.45, 7) is 0.525. The zero-order valence-electron chi connectivity index (χ0n) is 15.2. The Hall–Kier alpha value is -2.48. The Bertz CT molecular complexity index is 859. The number of nitrogens with zero attached hydrogens (tertiary/aromatic N) is 2. The molecule has 2 amide bonds. The smallest absolute Gasteiger partial charge is 0.242 e. The van der Waals surface area contributed by atoms with Gasteiger partial charge in [-0.3, -0.25) is 9.59 Å². The lowest BCUT2D eigenvalue weighted by Crippen LogP contribution is -2.29. The van der Waals surface area contributed by atoms with Crippen LogP contribution in [0.5, 0.6) is 5.75 Å². The molecule has 0 atom stereocenters. The van der Waals surface area contributed by atoms with Crippen LogP contribution < -0.4 is 15.4 Å². The van der Waals surface area contributed by atoms with Gasteiger partial charge < -0.3 is 15.4 Å². The van der Waals surface area contributed by atoms with Gasteiger partial charge in [0.25, 0.3) is 0 Å². The molecule has 7 nitrogen and oxygen atoms in total. The van der Waals surface area contributed by atoms with Crippen molar-refractivity contribution in [1.82, 2.24) is 15.1 Å². The minimum Gasteiger partial charge on any atom is -0.497 e. The molecule has 1 aliphatic heterocycles. The summed E-state index contributed by atoms with van der Waals surface area (Å²) in [6, 6.07) is 7.56. The Balaban J connectivity index is 1.40. The first-order valence-corrected chi connectivity index (χ1v) is 10.2. The fourth-order valence-corrected chi connectivity index (χ4v) is 4.06. The number of anilines is 1. The average molecular weight is 386 g/mol. The molecular formula is C19H22N4O3S. The van der Waals surface area contributed by atoms with Gasteiger partial charge in [0.1, 0.15) is 18.1 Å². The summed E-state index contributed by atoms with van der Waals surface area (Å²) in [5.41, 5.74) is 3.01. The number of hydrogen-bond donors (Lipinski definition) is 2. The molecule has 0 saturated heterocycles. The van der Waals surface area contributed by atoms with Gasteiger partial charge >= 0.3 is 0 Å². The third-order valence-corrected chi connectivity index (χ3v) is 5.72. The van der Waals surface area contributed by atoms with E-state index in [-0.39, 0.29) is 24.3 Å². The first-order chi connectivity index (χ1) is 13.1. The van der Waals surface area contributed by atoms with Gasteiger partial charge in [0, 0.05) is 29.5 Å². The lowest BCUT2D eigenvalue weighted by molar-refractivity contribution is -0.122. The number of hydrogen-bond acceptors (Lipinski definition) is 5. The second kappa shape index (κ2) is 7.64. The van der Waals surface area contributed by atoms with Crippen molar-refractivity contribution in [2.24, 2.45) is 5.92 Å². The monoisotopic (exact) mass is 386 g/mol. The van der Waals surface area contributed by atoms with Gasteiger partial charge in [-0.15, -0.1) is 0 Å². The van der Waals surface area contributed by atoms with Gasteiger partial charge in [0.2, 0.25) is 11.8 Å². The van der Waals surface area contributed by atoms with E-state index in [0.717, 1.165) is 46.9 Å². The molecule has 0 bridgehead atoms. The summed E-state index contributed by atoms with van der Waals surface area (Å²) in [6.07, 6.45) is 1.89. The number of aromatic nitrogens is 2. The standard InChI is InChI=1S/C19H22N4O3S/c1-26-14-6-2-12(3-7-14)8-20-17(24)9-23-18(21-19(25)13-4-5-13)15-10-27-11-16(15)22-23/h2-3,6-7,13H,4-5,8-11H2,1H3,(H,20,24)(H,21,25). The van der Waals surface area contributed by atoms with E-state index in [9.17, 15) is 9.59 Å². The average Bonchev–Trinajstić information content (AvgIpc) is 3.36. The third kappa shape index (κ3) is 4.10. The van der Waals surface area contributed by atoms with Gasteiger partial charge in [-0.2, -0.15) is 16.9 Å². The van der Waals surface area contributed by atoms with Crippen LogP contribution in [-0.4, -0.2) is 28.7 Å². The highest BCUT2D eigenvalue weighted by Gasteiger charge is 2.32. The van der Waals surface area contributed by atoms with Crippen LogP contribution in [0, 0.1) is 5.92 Å². The van der Waals surface area contributed by atoms with Crippen molar-refractivity contribution in [3.8, 4) is 5.75 Å². The molecule has 1 aromatic heterocycles. The number of nitrogens with one attached hydrogen (secondary N) is 2. The summed E-state index contributed by atoms with van der Waals surface area (Å²) in [7, 11) is 1.62. The first kappa shape index (κ1) is 17.9. The largest absolute Gasteiger partial charge is 0.497 e. The second-order valence-corrected chi connectivity index (χ2v) is 7.80.